The molecule has 0 aliphatic heterocycles. The zero-order valence-electron chi connectivity index (χ0n) is 43.2. The first-order chi connectivity index (χ1) is 32.5. The Labute approximate surface area is 407 Å². The second-order valence-corrected chi connectivity index (χ2v) is 18.1. The molecule has 0 bridgehead atoms. The van der Waals surface area contributed by atoms with E-state index in [9.17, 15) is 14.4 Å². The minimum atomic E-state index is -0.799. The third-order valence-corrected chi connectivity index (χ3v) is 11.6. The van der Waals surface area contributed by atoms with Gasteiger partial charge in [-0.2, -0.15) is 0 Å². The predicted octanol–water partition coefficient (Wildman–Crippen LogP) is 18.4. The summed E-state index contributed by atoms with van der Waals surface area (Å²) in [6.45, 7) is 6.47. The van der Waals surface area contributed by atoms with E-state index in [0.717, 1.165) is 109 Å². The summed E-state index contributed by atoms with van der Waals surface area (Å²) in [6, 6.07) is 0. The number of ether oxygens (including phenoxy) is 3. The molecule has 6 heteroatoms. The highest BCUT2D eigenvalue weighted by Gasteiger charge is 2.19. The Balaban J connectivity index is 4.46. The monoisotopic (exact) mass is 919 g/mol. The van der Waals surface area contributed by atoms with Crippen molar-refractivity contribution in [2.75, 3.05) is 13.2 Å². The molecule has 1 unspecified atom stereocenters. The molecular formula is C60H102O6. The van der Waals surface area contributed by atoms with Gasteiger partial charge in [0.15, 0.2) is 6.10 Å². The van der Waals surface area contributed by atoms with Gasteiger partial charge < -0.3 is 14.2 Å². The molecule has 0 saturated carbocycles. The molecule has 0 heterocycles. The summed E-state index contributed by atoms with van der Waals surface area (Å²) in [5.74, 6) is -0.946. The fourth-order valence-electron chi connectivity index (χ4n) is 7.46. The summed E-state index contributed by atoms with van der Waals surface area (Å²) >= 11 is 0. The molecule has 0 radical (unpaired) electrons. The third kappa shape index (κ3) is 51.6. The molecule has 0 spiro atoms. The van der Waals surface area contributed by atoms with Crippen molar-refractivity contribution in [3.63, 3.8) is 0 Å². The van der Waals surface area contributed by atoms with E-state index in [0.29, 0.717) is 19.3 Å². The molecular weight excluding hydrogens is 817 g/mol. The highest BCUT2D eigenvalue weighted by atomic mass is 16.6. The molecule has 0 aliphatic rings. The van der Waals surface area contributed by atoms with Crippen molar-refractivity contribution in [2.45, 2.75) is 264 Å². The van der Waals surface area contributed by atoms with Gasteiger partial charge in [0.25, 0.3) is 0 Å². The normalized spacial score (nSPS) is 12.7. The molecule has 0 N–H and O–H groups in total. The van der Waals surface area contributed by atoms with Crippen LogP contribution >= 0.6 is 0 Å². The first kappa shape index (κ1) is 62.6. The average Bonchev–Trinajstić information content (AvgIpc) is 3.31. The average molecular weight is 919 g/mol. The molecule has 378 valence electrons. The van der Waals surface area contributed by atoms with Gasteiger partial charge in [-0.15, -0.1) is 0 Å². The second kappa shape index (κ2) is 54.2. The largest absolute Gasteiger partial charge is 0.462 e. The maximum absolute atomic E-state index is 12.8. The zero-order valence-corrected chi connectivity index (χ0v) is 43.2. The van der Waals surface area contributed by atoms with Crippen LogP contribution < -0.4 is 0 Å². The molecule has 0 aromatic rings. The van der Waals surface area contributed by atoms with Crippen LogP contribution in [0.25, 0.3) is 0 Å². The minimum Gasteiger partial charge on any atom is -0.462 e. The van der Waals surface area contributed by atoms with Gasteiger partial charge in [-0.3, -0.25) is 14.4 Å². The van der Waals surface area contributed by atoms with Crippen molar-refractivity contribution in [1.29, 1.82) is 0 Å². The lowest BCUT2D eigenvalue weighted by Gasteiger charge is -2.18. The van der Waals surface area contributed by atoms with Gasteiger partial charge in [0.1, 0.15) is 13.2 Å². The third-order valence-electron chi connectivity index (χ3n) is 11.6. The van der Waals surface area contributed by atoms with Crippen LogP contribution in [0.1, 0.15) is 258 Å². The van der Waals surface area contributed by atoms with Crippen LogP contribution in [0.2, 0.25) is 0 Å². The van der Waals surface area contributed by atoms with Gasteiger partial charge in [-0.1, -0.05) is 209 Å². The highest BCUT2D eigenvalue weighted by molar-refractivity contribution is 5.71. The Morgan fingerprint density at radius 3 is 0.970 bits per heavy atom. The Hall–Kier alpha value is -3.41. The lowest BCUT2D eigenvalue weighted by atomic mass is 10.1. The topological polar surface area (TPSA) is 78.9 Å². The summed E-state index contributed by atoms with van der Waals surface area (Å²) in [5.41, 5.74) is 0. The number of carbonyl (C=O) groups excluding carboxylic acids is 3. The fraction of sp³-hybridized carbons (Fsp3) is 0.717. The number of hydrogen-bond acceptors (Lipinski definition) is 6. The van der Waals surface area contributed by atoms with Crippen LogP contribution in [-0.2, 0) is 28.6 Å². The van der Waals surface area contributed by atoms with Gasteiger partial charge >= 0.3 is 17.9 Å². The van der Waals surface area contributed by atoms with Crippen molar-refractivity contribution < 1.29 is 28.6 Å². The summed E-state index contributed by atoms with van der Waals surface area (Å²) in [6.07, 6.45) is 69.9. The van der Waals surface area contributed by atoms with Crippen LogP contribution in [0.4, 0.5) is 0 Å². The molecule has 0 aliphatic carbocycles. The quantitative estimate of drug-likeness (QED) is 0.0262. The standard InChI is InChI=1S/C60H102O6/c1-4-7-10-13-16-19-22-25-28-29-30-31-33-35-38-41-44-47-50-53-59(62)65-56-57(55-64-58(61)52-49-46-43-40-37-34-27-24-21-18-15-12-9-6-3)66-60(63)54-51-48-45-42-39-36-32-26-23-20-17-14-11-8-5-2/h7,10,16,19-20,23,25,28,30-31,34-35,37-38,57H,4-6,8-9,11-15,17-18,21-22,24,26-27,29,32-33,36,39-56H2,1-3H3/b10-7-,19-16-,23-20-,28-25-,31-30-,37-34-,38-35-. The van der Waals surface area contributed by atoms with Crippen molar-refractivity contribution in [1.82, 2.24) is 0 Å². The lowest BCUT2D eigenvalue weighted by molar-refractivity contribution is -0.167. The van der Waals surface area contributed by atoms with Gasteiger partial charge in [0, 0.05) is 19.3 Å². The number of rotatable bonds is 49. The van der Waals surface area contributed by atoms with E-state index >= 15 is 0 Å². The van der Waals surface area contributed by atoms with Crippen LogP contribution in [0.3, 0.4) is 0 Å². The summed E-state index contributed by atoms with van der Waals surface area (Å²) in [4.78, 5) is 38.1. The first-order valence-electron chi connectivity index (χ1n) is 27.6. The first-order valence-corrected chi connectivity index (χ1v) is 27.6. The Morgan fingerprint density at radius 2 is 0.591 bits per heavy atom. The van der Waals surface area contributed by atoms with Crippen molar-refractivity contribution >= 4 is 17.9 Å². The fourth-order valence-corrected chi connectivity index (χ4v) is 7.46. The van der Waals surface area contributed by atoms with E-state index < -0.39 is 6.10 Å². The van der Waals surface area contributed by atoms with Gasteiger partial charge in [0.2, 0.25) is 0 Å². The lowest BCUT2D eigenvalue weighted by Crippen LogP contribution is -2.30. The molecule has 1 atom stereocenters. The van der Waals surface area contributed by atoms with E-state index in [2.05, 4.69) is 106 Å². The number of allylic oxidation sites excluding steroid dienone is 14. The SMILES string of the molecule is CC/C=C\C/C=C\C/C=C\C/C=C\C/C=C\CCCCCC(=O)OCC(COC(=O)CCCCC/C=C\CCCCCCCCC)OC(=O)CCCCCCCCC/C=C\CCCCCC. The van der Waals surface area contributed by atoms with Crippen LogP contribution in [0, 0.1) is 0 Å². The zero-order chi connectivity index (χ0) is 47.9. The number of unbranched alkanes of at least 4 members (excludes halogenated alkanes) is 24. The number of carbonyl (C=O) groups is 3. The second-order valence-electron chi connectivity index (χ2n) is 18.1. The van der Waals surface area contributed by atoms with Crippen LogP contribution in [-0.4, -0.2) is 37.2 Å². The van der Waals surface area contributed by atoms with E-state index in [-0.39, 0.29) is 31.1 Å². The summed E-state index contributed by atoms with van der Waals surface area (Å²) in [5, 5.41) is 0. The Kier molecular flexibility index (Phi) is 51.4. The van der Waals surface area contributed by atoms with E-state index in [1.54, 1.807) is 0 Å². The van der Waals surface area contributed by atoms with E-state index in [1.807, 2.05) is 0 Å². The van der Waals surface area contributed by atoms with Gasteiger partial charge in [0.05, 0.1) is 0 Å². The smallest absolute Gasteiger partial charge is 0.306 e. The van der Waals surface area contributed by atoms with Crippen LogP contribution in [0.5, 0.6) is 0 Å². The molecule has 66 heavy (non-hydrogen) atoms. The predicted molar refractivity (Wildman–Crippen MR) is 284 cm³/mol. The maximum Gasteiger partial charge on any atom is 0.306 e. The highest BCUT2D eigenvalue weighted by Crippen LogP contribution is 2.14. The molecule has 0 rings (SSSR count). The van der Waals surface area contributed by atoms with Gasteiger partial charge in [-0.05, 0) is 116 Å². The minimum absolute atomic E-state index is 0.0967. The Morgan fingerprint density at radius 1 is 0.318 bits per heavy atom. The maximum atomic E-state index is 12.8. The van der Waals surface area contributed by atoms with Crippen molar-refractivity contribution in [3.8, 4) is 0 Å². The van der Waals surface area contributed by atoms with Crippen LogP contribution in [0.15, 0.2) is 85.1 Å². The molecule has 6 nitrogen and oxygen atoms in total. The van der Waals surface area contributed by atoms with Gasteiger partial charge in [-0.25, -0.2) is 0 Å². The molecule has 0 aromatic heterocycles. The summed E-state index contributed by atoms with van der Waals surface area (Å²) in [7, 11) is 0. The Bertz CT molecular complexity index is 1290. The van der Waals surface area contributed by atoms with Crippen molar-refractivity contribution in [2.24, 2.45) is 0 Å². The molecule has 0 aromatic carbocycles. The molecule has 0 fully saturated rings. The molecule has 0 saturated heterocycles. The molecule has 0 amide bonds. The summed E-state index contributed by atoms with van der Waals surface area (Å²) < 4.78 is 16.8. The number of hydrogen-bond donors (Lipinski definition) is 0. The number of esters is 3. The van der Waals surface area contributed by atoms with E-state index in [1.165, 1.54) is 109 Å². The van der Waals surface area contributed by atoms with Crippen molar-refractivity contribution in [3.05, 3.63) is 85.1 Å². The van der Waals surface area contributed by atoms with E-state index in [4.69, 9.17) is 14.2 Å².